The van der Waals surface area contributed by atoms with E-state index in [1.165, 1.54) is 22.7 Å². The van der Waals surface area contributed by atoms with Crippen molar-refractivity contribution in [1.82, 2.24) is 5.01 Å². The van der Waals surface area contributed by atoms with Gasteiger partial charge in [0.1, 0.15) is 0 Å². The van der Waals surface area contributed by atoms with Gasteiger partial charge in [0.25, 0.3) is 0 Å². The van der Waals surface area contributed by atoms with Crippen LogP contribution in [-0.4, -0.2) is 23.3 Å². The van der Waals surface area contributed by atoms with Gasteiger partial charge in [-0.3, -0.25) is 0 Å². The highest BCUT2D eigenvalue weighted by Crippen LogP contribution is 2.33. The van der Waals surface area contributed by atoms with E-state index in [9.17, 15) is 18.0 Å². The van der Waals surface area contributed by atoms with Gasteiger partial charge in [-0.15, -0.1) is 0 Å². The van der Waals surface area contributed by atoms with Crippen LogP contribution in [0.1, 0.15) is 23.1 Å². The fourth-order valence-corrected chi connectivity index (χ4v) is 3.44. The second-order valence-electron chi connectivity index (χ2n) is 6.46. The average molecular weight is 359 g/mol. The fraction of sp³-hybridized carbons (Fsp3) is 0.263. The van der Waals surface area contributed by atoms with Crippen LogP contribution < -0.4 is 5.32 Å². The molecular formula is C19H16F3N3O. The van der Waals surface area contributed by atoms with Gasteiger partial charge in [0.05, 0.1) is 11.3 Å². The summed E-state index contributed by atoms with van der Waals surface area (Å²) in [6, 6.07) is 11.9. The van der Waals surface area contributed by atoms with Gasteiger partial charge in [0, 0.05) is 23.7 Å². The molecule has 134 valence electrons. The highest BCUT2D eigenvalue weighted by Gasteiger charge is 2.34. The lowest BCUT2D eigenvalue weighted by molar-refractivity contribution is -0.137. The smallest absolute Gasteiger partial charge is 0.306 e. The van der Waals surface area contributed by atoms with Gasteiger partial charge in [-0.2, -0.15) is 18.3 Å². The third-order valence-electron chi connectivity index (χ3n) is 4.76. The predicted molar refractivity (Wildman–Crippen MR) is 92.0 cm³/mol. The maximum Gasteiger partial charge on any atom is 0.416 e. The molecule has 0 fully saturated rings. The number of hydrazone groups is 1. The molecule has 2 aromatic carbocycles. The molecule has 0 aromatic heterocycles. The molecule has 0 radical (unpaired) electrons. The Labute approximate surface area is 148 Å². The van der Waals surface area contributed by atoms with Crippen molar-refractivity contribution < 1.29 is 18.0 Å². The zero-order chi connectivity index (χ0) is 18.3. The Morgan fingerprint density at radius 1 is 1.12 bits per heavy atom. The van der Waals surface area contributed by atoms with E-state index in [0.717, 1.165) is 36.2 Å². The summed E-state index contributed by atoms with van der Waals surface area (Å²) in [6.45, 7) is 0.481. The van der Waals surface area contributed by atoms with Crippen LogP contribution in [0, 0.1) is 5.92 Å². The monoisotopic (exact) mass is 359 g/mol. The van der Waals surface area contributed by atoms with Crippen molar-refractivity contribution in [3.63, 3.8) is 0 Å². The van der Waals surface area contributed by atoms with Crippen molar-refractivity contribution in [1.29, 1.82) is 0 Å². The van der Waals surface area contributed by atoms with Gasteiger partial charge in [0.15, 0.2) is 0 Å². The lowest BCUT2D eigenvalue weighted by Gasteiger charge is -2.26. The van der Waals surface area contributed by atoms with Crippen LogP contribution >= 0.6 is 0 Å². The first kappa shape index (κ1) is 16.6. The molecule has 0 bridgehead atoms. The number of hydrogen-bond acceptors (Lipinski definition) is 2. The van der Waals surface area contributed by atoms with E-state index < -0.39 is 17.8 Å². The molecule has 1 aliphatic carbocycles. The van der Waals surface area contributed by atoms with Crippen molar-refractivity contribution >= 4 is 17.4 Å². The molecule has 2 aliphatic rings. The second-order valence-corrected chi connectivity index (χ2v) is 6.46. The number of nitrogens with zero attached hydrogens (tertiary/aromatic N) is 2. The zero-order valence-electron chi connectivity index (χ0n) is 13.8. The maximum absolute atomic E-state index is 12.6. The van der Waals surface area contributed by atoms with Crippen LogP contribution in [0.4, 0.5) is 23.7 Å². The number of halogens is 3. The second kappa shape index (κ2) is 6.16. The van der Waals surface area contributed by atoms with E-state index >= 15 is 0 Å². The number of carbonyl (C=O) groups is 1. The molecule has 26 heavy (non-hydrogen) atoms. The molecule has 2 amide bonds. The van der Waals surface area contributed by atoms with Crippen LogP contribution in [0.2, 0.25) is 0 Å². The molecule has 7 heteroatoms. The number of anilines is 1. The number of hydrogen-bond donors (Lipinski definition) is 1. The summed E-state index contributed by atoms with van der Waals surface area (Å²) < 4.78 is 37.8. The van der Waals surface area contributed by atoms with Gasteiger partial charge < -0.3 is 5.32 Å². The Morgan fingerprint density at radius 2 is 1.85 bits per heavy atom. The third kappa shape index (κ3) is 3.05. The number of nitrogens with one attached hydrogen (secondary N) is 1. The SMILES string of the molecule is O=C(Nc1ccc(C(F)(F)F)cc1)N1CCC2Cc3ccccc3C2=N1. The number of carbonyl (C=O) groups excluding carboxylic acids is 1. The average Bonchev–Trinajstić information content (AvgIpc) is 2.99. The lowest BCUT2D eigenvalue weighted by atomic mass is 9.99. The summed E-state index contributed by atoms with van der Waals surface area (Å²) in [5, 5.41) is 8.46. The summed E-state index contributed by atoms with van der Waals surface area (Å²) in [4.78, 5) is 12.4. The minimum Gasteiger partial charge on any atom is -0.306 e. The van der Waals surface area contributed by atoms with Crippen molar-refractivity contribution in [2.75, 3.05) is 11.9 Å². The van der Waals surface area contributed by atoms with E-state index in [1.807, 2.05) is 18.2 Å². The molecule has 0 saturated carbocycles. The van der Waals surface area contributed by atoms with Crippen LogP contribution in [-0.2, 0) is 12.6 Å². The molecule has 0 saturated heterocycles. The Hall–Kier alpha value is -2.83. The molecule has 2 aromatic rings. The van der Waals surface area contributed by atoms with Crippen molar-refractivity contribution in [2.24, 2.45) is 11.0 Å². The Bertz CT molecular complexity index is 874. The molecular weight excluding hydrogens is 343 g/mol. The number of urea groups is 1. The lowest BCUT2D eigenvalue weighted by Crippen LogP contribution is -2.37. The van der Waals surface area contributed by atoms with E-state index in [1.54, 1.807) is 0 Å². The normalized spacial score (nSPS) is 18.8. The van der Waals surface area contributed by atoms with E-state index in [-0.39, 0.29) is 0 Å². The molecule has 1 atom stereocenters. The summed E-state index contributed by atoms with van der Waals surface area (Å²) in [5.74, 6) is 0.322. The minimum absolute atomic E-state index is 0.303. The standard InChI is InChI=1S/C19H16F3N3O/c20-19(21,22)14-5-7-15(8-6-14)23-18(26)25-10-9-13-11-12-3-1-2-4-16(12)17(13)24-25/h1-8,13H,9-11H2,(H,23,26). The molecule has 4 nitrogen and oxygen atoms in total. The van der Waals surface area contributed by atoms with E-state index in [4.69, 9.17) is 0 Å². The first-order chi connectivity index (χ1) is 12.4. The molecule has 1 N–H and O–H groups in total. The topological polar surface area (TPSA) is 44.7 Å². The van der Waals surface area contributed by atoms with Gasteiger partial charge in [-0.25, -0.2) is 9.80 Å². The Kier molecular flexibility index (Phi) is 3.94. The van der Waals surface area contributed by atoms with Gasteiger partial charge >= 0.3 is 12.2 Å². The highest BCUT2D eigenvalue weighted by molar-refractivity contribution is 6.07. The largest absolute Gasteiger partial charge is 0.416 e. The van der Waals surface area contributed by atoms with Gasteiger partial charge in [-0.1, -0.05) is 24.3 Å². The van der Waals surface area contributed by atoms with Crippen molar-refractivity contribution in [3.05, 3.63) is 65.2 Å². The van der Waals surface area contributed by atoms with Crippen molar-refractivity contribution in [2.45, 2.75) is 19.0 Å². The quantitative estimate of drug-likeness (QED) is 0.799. The summed E-state index contributed by atoms with van der Waals surface area (Å²) in [7, 11) is 0. The molecule has 1 unspecified atom stereocenters. The molecule has 4 rings (SSSR count). The number of rotatable bonds is 1. The third-order valence-corrected chi connectivity index (χ3v) is 4.76. The van der Waals surface area contributed by atoms with Crippen LogP contribution in [0.15, 0.2) is 53.6 Å². The summed E-state index contributed by atoms with van der Waals surface area (Å²) in [5.41, 5.74) is 2.77. The summed E-state index contributed by atoms with van der Waals surface area (Å²) in [6.07, 6.45) is -2.65. The molecule has 1 heterocycles. The van der Waals surface area contributed by atoms with Gasteiger partial charge in [0.2, 0.25) is 0 Å². The van der Waals surface area contributed by atoms with E-state index in [2.05, 4.69) is 16.5 Å². The number of amides is 2. The number of benzene rings is 2. The number of fused-ring (bicyclic) bond motifs is 3. The van der Waals surface area contributed by atoms with Crippen LogP contribution in [0.3, 0.4) is 0 Å². The van der Waals surface area contributed by atoms with E-state index in [0.29, 0.717) is 18.2 Å². The summed E-state index contributed by atoms with van der Waals surface area (Å²) >= 11 is 0. The first-order valence-corrected chi connectivity index (χ1v) is 8.34. The first-order valence-electron chi connectivity index (χ1n) is 8.34. The Morgan fingerprint density at radius 3 is 2.58 bits per heavy atom. The Balaban J connectivity index is 1.50. The zero-order valence-corrected chi connectivity index (χ0v) is 13.8. The highest BCUT2D eigenvalue weighted by atomic mass is 19.4. The molecule has 0 spiro atoms. The number of alkyl halides is 3. The van der Waals surface area contributed by atoms with Crippen LogP contribution in [0.25, 0.3) is 0 Å². The van der Waals surface area contributed by atoms with Crippen molar-refractivity contribution in [3.8, 4) is 0 Å². The fourth-order valence-electron chi connectivity index (χ4n) is 3.44. The maximum atomic E-state index is 12.6. The molecule has 1 aliphatic heterocycles. The van der Waals surface area contributed by atoms with Crippen LogP contribution in [0.5, 0.6) is 0 Å². The minimum atomic E-state index is -4.40. The predicted octanol–water partition coefficient (Wildman–Crippen LogP) is 4.52. The van der Waals surface area contributed by atoms with Gasteiger partial charge in [-0.05, 0) is 42.7 Å².